The van der Waals surface area contributed by atoms with Gasteiger partial charge in [-0.05, 0) is 30.3 Å². The van der Waals surface area contributed by atoms with Crippen molar-refractivity contribution in [2.75, 3.05) is 11.9 Å². The van der Waals surface area contributed by atoms with Crippen molar-refractivity contribution in [3.63, 3.8) is 0 Å². The Kier molecular flexibility index (Phi) is 6.30. The lowest BCUT2D eigenvalue weighted by atomic mass is 10.1. The minimum absolute atomic E-state index is 0.0377. The molecule has 6 nitrogen and oxygen atoms in total. The van der Waals surface area contributed by atoms with Crippen LogP contribution in [0.2, 0.25) is 0 Å². The van der Waals surface area contributed by atoms with E-state index in [4.69, 9.17) is 9.15 Å². The van der Waals surface area contributed by atoms with E-state index in [1.54, 1.807) is 36.4 Å². The Balaban J connectivity index is 1.47. The summed E-state index contributed by atoms with van der Waals surface area (Å²) in [6, 6.07) is 17.6. The average Bonchev–Trinajstić information content (AvgIpc) is 3.21. The molecule has 0 spiro atoms. The van der Waals surface area contributed by atoms with Gasteiger partial charge in [-0.1, -0.05) is 36.4 Å². The Morgan fingerprint density at radius 2 is 1.61 bits per heavy atom. The summed E-state index contributed by atoms with van der Waals surface area (Å²) in [7, 11) is 0. The molecule has 4 rings (SSSR count). The Hall–Kier alpha value is -4.27. The molecule has 3 aromatic carbocycles. The van der Waals surface area contributed by atoms with E-state index in [2.05, 4.69) is 10.6 Å². The minimum atomic E-state index is -1.71. The highest BCUT2D eigenvalue weighted by atomic mass is 19.2. The topological polar surface area (TPSA) is 80.6 Å². The number of para-hydroxylation sites is 2. The van der Waals surface area contributed by atoms with Gasteiger partial charge in [-0.25, -0.2) is 13.2 Å². The first-order valence-electron chi connectivity index (χ1n) is 9.84. The van der Waals surface area contributed by atoms with Gasteiger partial charge in [-0.2, -0.15) is 0 Å². The van der Waals surface area contributed by atoms with Crippen LogP contribution in [0.3, 0.4) is 0 Å². The molecule has 0 aliphatic rings. The fourth-order valence-corrected chi connectivity index (χ4v) is 3.16. The molecule has 33 heavy (non-hydrogen) atoms. The van der Waals surface area contributed by atoms with Gasteiger partial charge in [0.05, 0.1) is 12.2 Å². The number of benzene rings is 3. The van der Waals surface area contributed by atoms with Crippen LogP contribution in [0.5, 0.6) is 5.75 Å². The second-order valence-electron chi connectivity index (χ2n) is 6.96. The van der Waals surface area contributed by atoms with Gasteiger partial charge in [-0.3, -0.25) is 9.59 Å². The summed E-state index contributed by atoms with van der Waals surface area (Å²) in [6.45, 7) is -0.524. The first-order valence-corrected chi connectivity index (χ1v) is 9.84. The lowest BCUT2D eigenvalue weighted by molar-refractivity contribution is -0.115. The fraction of sp³-hybridized carbons (Fsp3) is 0.0833. The number of hydrogen-bond acceptors (Lipinski definition) is 4. The van der Waals surface area contributed by atoms with Crippen LogP contribution in [-0.2, 0) is 11.4 Å². The van der Waals surface area contributed by atoms with E-state index < -0.39 is 41.5 Å². The van der Waals surface area contributed by atoms with Crippen LogP contribution >= 0.6 is 0 Å². The Bertz CT molecular complexity index is 1320. The monoisotopic (exact) mass is 454 g/mol. The quantitative estimate of drug-likeness (QED) is 0.393. The molecule has 0 saturated carbocycles. The molecular formula is C24H17F3N2O4. The molecule has 0 unspecified atom stereocenters. The van der Waals surface area contributed by atoms with Gasteiger partial charge in [-0.15, -0.1) is 0 Å². The van der Waals surface area contributed by atoms with E-state index in [0.717, 1.165) is 6.07 Å². The molecule has 0 aliphatic carbocycles. The summed E-state index contributed by atoms with van der Waals surface area (Å²) in [5, 5.41) is 5.13. The summed E-state index contributed by atoms with van der Waals surface area (Å²) >= 11 is 0. The molecule has 1 heterocycles. The summed E-state index contributed by atoms with van der Waals surface area (Å²) in [4.78, 5) is 24.8. The highest BCUT2D eigenvalue weighted by molar-refractivity contribution is 6.01. The number of carbonyl (C=O) groups excluding carboxylic acids is 2. The molecule has 0 fully saturated rings. The maximum atomic E-state index is 13.7. The van der Waals surface area contributed by atoms with E-state index in [0.29, 0.717) is 28.3 Å². The number of fused-ring (bicyclic) bond motifs is 1. The van der Waals surface area contributed by atoms with Crippen LogP contribution in [-0.4, -0.2) is 18.4 Å². The fourth-order valence-electron chi connectivity index (χ4n) is 3.16. The van der Waals surface area contributed by atoms with Crippen LogP contribution in [0, 0.1) is 17.5 Å². The van der Waals surface area contributed by atoms with Gasteiger partial charge in [0, 0.05) is 10.9 Å². The van der Waals surface area contributed by atoms with Crippen molar-refractivity contribution < 1.29 is 31.9 Å². The first-order chi connectivity index (χ1) is 15.9. The predicted octanol–water partition coefficient (Wildman–Crippen LogP) is 4.80. The highest BCUT2D eigenvalue weighted by Crippen LogP contribution is 2.27. The van der Waals surface area contributed by atoms with E-state index in [1.165, 1.54) is 0 Å². The molecular weight excluding hydrogens is 437 g/mol. The third-order valence-corrected chi connectivity index (χ3v) is 4.75. The average molecular weight is 454 g/mol. The summed E-state index contributed by atoms with van der Waals surface area (Å²) in [5.41, 5.74) is 0.399. The maximum absolute atomic E-state index is 13.7. The lowest BCUT2D eigenvalue weighted by Crippen LogP contribution is -2.33. The number of carbonyl (C=O) groups is 2. The minimum Gasteiger partial charge on any atom is -0.489 e. The van der Waals surface area contributed by atoms with Crippen LogP contribution in [0.1, 0.15) is 16.1 Å². The smallest absolute Gasteiger partial charge is 0.287 e. The zero-order chi connectivity index (χ0) is 23.4. The molecule has 9 heteroatoms. The van der Waals surface area contributed by atoms with E-state index in [1.807, 2.05) is 18.2 Å². The number of halogens is 3. The Morgan fingerprint density at radius 3 is 2.39 bits per heavy atom. The van der Waals surface area contributed by atoms with Gasteiger partial charge in [0.2, 0.25) is 5.91 Å². The molecule has 0 bridgehead atoms. The zero-order valence-corrected chi connectivity index (χ0v) is 17.0. The summed E-state index contributed by atoms with van der Waals surface area (Å²) in [6.07, 6.45) is 0. The van der Waals surface area contributed by atoms with E-state index in [9.17, 15) is 22.8 Å². The third-order valence-electron chi connectivity index (χ3n) is 4.75. The second kappa shape index (κ2) is 9.47. The van der Waals surface area contributed by atoms with Crippen molar-refractivity contribution in [2.24, 2.45) is 0 Å². The summed E-state index contributed by atoms with van der Waals surface area (Å²) in [5.74, 6) is -5.60. The second-order valence-corrected chi connectivity index (χ2v) is 6.96. The lowest BCUT2D eigenvalue weighted by Gasteiger charge is -2.09. The van der Waals surface area contributed by atoms with Gasteiger partial charge in [0.15, 0.2) is 23.2 Å². The van der Waals surface area contributed by atoms with E-state index >= 15 is 0 Å². The normalized spacial score (nSPS) is 10.8. The van der Waals surface area contributed by atoms with Crippen molar-refractivity contribution in [1.82, 2.24) is 5.32 Å². The first kappa shape index (κ1) is 21.9. The highest BCUT2D eigenvalue weighted by Gasteiger charge is 2.22. The van der Waals surface area contributed by atoms with Crippen LogP contribution in [0.25, 0.3) is 11.0 Å². The standard InChI is InChI=1S/C24H17F3N2O4/c25-17-10-11-18(22(27)21(17)26)29-20(30)12-28-24(31)23-16(13-32-14-6-2-1-3-7-14)15-8-4-5-9-19(15)33-23/h1-11H,12-13H2,(H,28,31)(H,29,30). The van der Waals surface area contributed by atoms with Crippen LogP contribution in [0.4, 0.5) is 18.9 Å². The number of anilines is 1. The van der Waals surface area contributed by atoms with Gasteiger partial charge < -0.3 is 19.8 Å². The van der Waals surface area contributed by atoms with Crippen molar-refractivity contribution in [2.45, 2.75) is 6.61 Å². The number of ether oxygens (including phenoxy) is 1. The number of nitrogens with one attached hydrogen (secondary N) is 2. The molecule has 0 aliphatic heterocycles. The Morgan fingerprint density at radius 1 is 0.879 bits per heavy atom. The van der Waals surface area contributed by atoms with E-state index in [-0.39, 0.29) is 12.4 Å². The largest absolute Gasteiger partial charge is 0.489 e. The Labute approximate surface area is 186 Å². The molecule has 0 atom stereocenters. The van der Waals surface area contributed by atoms with Crippen molar-refractivity contribution in [1.29, 1.82) is 0 Å². The van der Waals surface area contributed by atoms with Crippen molar-refractivity contribution in [3.05, 3.63) is 95.5 Å². The third kappa shape index (κ3) is 4.82. The van der Waals surface area contributed by atoms with Crippen LogP contribution < -0.4 is 15.4 Å². The maximum Gasteiger partial charge on any atom is 0.287 e. The molecule has 2 amide bonds. The molecule has 168 valence electrons. The molecule has 0 radical (unpaired) electrons. The number of hydrogen-bond donors (Lipinski definition) is 2. The number of amides is 2. The van der Waals surface area contributed by atoms with Crippen molar-refractivity contribution in [3.8, 4) is 5.75 Å². The van der Waals surface area contributed by atoms with Gasteiger partial charge in [0.25, 0.3) is 5.91 Å². The summed E-state index contributed by atoms with van der Waals surface area (Å²) < 4.78 is 51.5. The molecule has 1 aromatic heterocycles. The van der Waals surface area contributed by atoms with Gasteiger partial charge in [0.1, 0.15) is 17.9 Å². The molecule has 2 N–H and O–H groups in total. The zero-order valence-electron chi connectivity index (χ0n) is 17.0. The van der Waals surface area contributed by atoms with Crippen LogP contribution in [0.15, 0.2) is 71.1 Å². The molecule has 0 saturated heterocycles. The predicted molar refractivity (Wildman–Crippen MR) is 114 cm³/mol. The molecule has 4 aromatic rings. The number of furan rings is 1. The van der Waals surface area contributed by atoms with Crippen molar-refractivity contribution >= 4 is 28.5 Å². The van der Waals surface area contributed by atoms with Gasteiger partial charge >= 0.3 is 0 Å². The SMILES string of the molecule is O=C(CNC(=O)c1oc2ccccc2c1COc1ccccc1)Nc1ccc(F)c(F)c1F. The number of rotatable bonds is 7.